The van der Waals surface area contributed by atoms with Gasteiger partial charge in [0.05, 0.1) is 6.07 Å². The molecule has 112 valence electrons. The third-order valence-electron chi connectivity index (χ3n) is 3.39. The first kappa shape index (κ1) is 16.4. The average Bonchev–Trinajstić information content (AvgIpc) is 2.44. The zero-order valence-corrected chi connectivity index (χ0v) is 12.2. The summed E-state index contributed by atoms with van der Waals surface area (Å²) in [6.45, 7) is 5.65. The number of hydrogen-bond donors (Lipinski definition) is 3. The first-order valence-electron chi connectivity index (χ1n) is 7.20. The molecule has 1 aliphatic rings. The lowest BCUT2D eigenvalue weighted by Gasteiger charge is -2.25. The van der Waals surface area contributed by atoms with Crippen molar-refractivity contribution in [1.82, 2.24) is 16.0 Å². The van der Waals surface area contributed by atoms with Crippen LogP contribution in [-0.2, 0) is 9.59 Å². The molecule has 1 rings (SSSR count). The standard InChI is InChI=1S/C14H24N4O2/c1-10(2)9-12(14(20)17-8-5-15)18-13(19)11-3-6-16-7-4-11/h10-12,16H,3-4,6-9H2,1-2H3,(H,17,20)(H,18,19)/t12-/m0/s1. The highest BCUT2D eigenvalue weighted by Crippen LogP contribution is 2.13. The van der Waals surface area contributed by atoms with Gasteiger partial charge in [-0.3, -0.25) is 9.59 Å². The molecule has 6 nitrogen and oxygen atoms in total. The van der Waals surface area contributed by atoms with E-state index in [1.165, 1.54) is 0 Å². The van der Waals surface area contributed by atoms with Crippen molar-refractivity contribution in [2.24, 2.45) is 11.8 Å². The summed E-state index contributed by atoms with van der Waals surface area (Å²) in [6.07, 6.45) is 2.19. The van der Waals surface area contributed by atoms with Crippen molar-refractivity contribution >= 4 is 11.8 Å². The molecule has 0 spiro atoms. The van der Waals surface area contributed by atoms with Crippen molar-refractivity contribution in [1.29, 1.82) is 5.26 Å². The SMILES string of the molecule is CC(C)C[C@H](NC(=O)C1CCNCC1)C(=O)NCC#N. The van der Waals surface area contributed by atoms with E-state index in [1.54, 1.807) is 0 Å². The van der Waals surface area contributed by atoms with Crippen LogP contribution in [0.4, 0.5) is 0 Å². The van der Waals surface area contributed by atoms with Gasteiger partial charge in [0.1, 0.15) is 12.6 Å². The molecule has 0 saturated carbocycles. The quantitative estimate of drug-likeness (QED) is 0.604. The molecule has 0 bridgehead atoms. The van der Waals surface area contributed by atoms with Gasteiger partial charge in [0.25, 0.3) is 0 Å². The van der Waals surface area contributed by atoms with E-state index in [9.17, 15) is 9.59 Å². The molecule has 1 saturated heterocycles. The van der Waals surface area contributed by atoms with Crippen LogP contribution in [-0.4, -0.2) is 37.5 Å². The lowest BCUT2D eigenvalue weighted by atomic mass is 9.95. The van der Waals surface area contributed by atoms with Gasteiger partial charge in [-0.05, 0) is 38.3 Å². The average molecular weight is 280 g/mol. The van der Waals surface area contributed by atoms with E-state index in [4.69, 9.17) is 5.26 Å². The molecule has 3 N–H and O–H groups in total. The summed E-state index contributed by atoms with van der Waals surface area (Å²) in [6, 6.07) is 1.32. The van der Waals surface area contributed by atoms with Crippen LogP contribution in [0.1, 0.15) is 33.1 Å². The van der Waals surface area contributed by atoms with Crippen molar-refractivity contribution in [3.05, 3.63) is 0 Å². The molecule has 1 fully saturated rings. The van der Waals surface area contributed by atoms with Gasteiger partial charge >= 0.3 is 0 Å². The van der Waals surface area contributed by atoms with Gasteiger partial charge in [-0.1, -0.05) is 13.8 Å². The highest BCUT2D eigenvalue weighted by Gasteiger charge is 2.26. The van der Waals surface area contributed by atoms with E-state index in [0.717, 1.165) is 25.9 Å². The Bertz CT molecular complexity index is 370. The number of nitrogens with one attached hydrogen (secondary N) is 3. The second kappa shape index (κ2) is 8.54. The molecule has 2 amide bonds. The highest BCUT2D eigenvalue weighted by molar-refractivity contribution is 5.88. The number of nitrogens with zero attached hydrogens (tertiary/aromatic N) is 1. The summed E-state index contributed by atoms with van der Waals surface area (Å²) in [5.74, 6) is -0.0531. The summed E-state index contributed by atoms with van der Waals surface area (Å²) in [7, 11) is 0. The van der Waals surface area contributed by atoms with E-state index in [0.29, 0.717) is 12.3 Å². The molecule has 1 aliphatic heterocycles. The Morgan fingerprint density at radius 3 is 2.55 bits per heavy atom. The van der Waals surface area contributed by atoms with Gasteiger partial charge in [0, 0.05) is 5.92 Å². The van der Waals surface area contributed by atoms with Crippen LogP contribution in [0.5, 0.6) is 0 Å². The Balaban J connectivity index is 2.56. The highest BCUT2D eigenvalue weighted by atomic mass is 16.2. The first-order valence-corrected chi connectivity index (χ1v) is 7.20. The number of hydrogen-bond acceptors (Lipinski definition) is 4. The van der Waals surface area contributed by atoms with E-state index in [1.807, 2.05) is 19.9 Å². The van der Waals surface area contributed by atoms with Gasteiger partial charge in [0.15, 0.2) is 0 Å². The molecule has 0 aromatic heterocycles. The Hall–Kier alpha value is -1.61. The van der Waals surface area contributed by atoms with Crippen LogP contribution in [0.2, 0.25) is 0 Å². The third-order valence-corrected chi connectivity index (χ3v) is 3.39. The molecule has 20 heavy (non-hydrogen) atoms. The Morgan fingerprint density at radius 2 is 2.00 bits per heavy atom. The summed E-state index contributed by atoms with van der Waals surface area (Å²) in [4.78, 5) is 24.2. The molecular formula is C14H24N4O2. The molecule has 0 aromatic rings. The van der Waals surface area contributed by atoms with Crippen LogP contribution in [0.3, 0.4) is 0 Å². The van der Waals surface area contributed by atoms with Crippen molar-refractivity contribution in [2.75, 3.05) is 19.6 Å². The fourth-order valence-corrected chi connectivity index (χ4v) is 2.33. The van der Waals surface area contributed by atoms with Crippen molar-refractivity contribution in [2.45, 2.75) is 39.2 Å². The number of piperidine rings is 1. The molecule has 0 unspecified atom stereocenters. The minimum Gasteiger partial charge on any atom is -0.344 e. The maximum Gasteiger partial charge on any atom is 0.243 e. The number of rotatable bonds is 6. The zero-order chi connectivity index (χ0) is 15.0. The number of nitriles is 1. The van der Waals surface area contributed by atoms with Crippen molar-refractivity contribution in [3.8, 4) is 6.07 Å². The van der Waals surface area contributed by atoms with Crippen LogP contribution < -0.4 is 16.0 Å². The maximum absolute atomic E-state index is 12.2. The second-order valence-corrected chi connectivity index (χ2v) is 5.59. The summed E-state index contributed by atoms with van der Waals surface area (Å²) < 4.78 is 0. The number of carbonyl (C=O) groups excluding carboxylic acids is 2. The topological polar surface area (TPSA) is 94.0 Å². The minimum absolute atomic E-state index is 0.0188. The summed E-state index contributed by atoms with van der Waals surface area (Å²) in [5, 5.41) is 17.1. The monoisotopic (exact) mass is 280 g/mol. The third kappa shape index (κ3) is 5.57. The summed E-state index contributed by atoms with van der Waals surface area (Å²) in [5.41, 5.74) is 0. The molecule has 1 heterocycles. The smallest absolute Gasteiger partial charge is 0.243 e. The Labute approximate surface area is 120 Å². The zero-order valence-electron chi connectivity index (χ0n) is 12.2. The predicted molar refractivity (Wildman–Crippen MR) is 75.6 cm³/mol. The van der Waals surface area contributed by atoms with Gasteiger partial charge in [-0.15, -0.1) is 0 Å². The second-order valence-electron chi connectivity index (χ2n) is 5.59. The number of carbonyl (C=O) groups is 2. The van der Waals surface area contributed by atoms with Crippen molar-refractivity contribution < 1.29 is 9.59 Å². The lowest BCUT2D eigenvalue weighted by molar-refractivity contribution is -0.131. The molecule has 1 atom stereocenters. The van der Waals surface area contributed by atoms with Crippen LogP contribution in [0.15, 0.2) is 0 Å². The molecular weight excluding hydrogens is 256 g/mol. The van der Waals surface area contributed by atoms with Crippen LogP contribution in [0.25, 0.3) is 0 Å². The van der Waals surface area contributed by atoms with Crippen molar-refractivity contribution in [3.63, 3.8) is 0 Å². The van der Waals surface area contributed by atoms with E-state index < -0.39 is 6.04 Å². The normalized spacial score (nSPS) is 17.3. The predicted octanol–water partition coefficient (Wildman–Crippen LogP) is 0.157. The Morgan fingerprint density at radius 1 is 1.35 bits per heavy atom. The maximum atomic E-state index is 12.2. The fraction of sp³-hybridized carbons (Fsp3) is 0.786. The van der Waals surface area contributed by atoms with Gasteiger partial charge in [-0.25, -0.2) is 0 Å². The molecule has 0 aliphatic carbocycles. The lowest BCUT2D eigenvalue weighted by Crippen LogP contribution is -2.50. The molecule has 0 aromatic carbocycles. The van der Waals surface area contributed by atoms with Gasteiger partial charge < -0.3 is 16.0 Å². The molecule has 0 radical (unpaired) electrons. The van der Waals surface area contributed by atoms with Gasteiger partial charge in [-0.2, -0.15) is 5.26 Å². The van der Waals surface area contributed by atoms with Gasteiger partial charge in [0.2, 0.25) is 11.8 Å². The van der Waals surface area contributed by atoms with Crippen LogP contribution >= 0.6 is 0 Å². The van der Waals surface area contributed by atoms with Crippen LogP contribution in [0, 0.1) is 23.2 Å². The minimum atomic E-state index is -0.550. The first-order chi connectivity index (χ1) is 9.54. The van der Waals surface area contributed by atoms with E-state index >= 15 is 0 Å². The summed E-state index contributed by atoms with van der Waals surface area (Å²) >= 11 is 0. The van der Waals surface area contributed by atoms with E-state index in [2.05, 4.69) is 16.0 Å². The fourth-order valence-electron chi connectivity index (χ4n) is 2.33. The largest absolute Gasteiger partial charge is 0.344 e. The number of amides is 2. The van der Waals surface area contributed by atoms with E-state index in [-0.39, 0.29) is 24.3 Å². The Kier molecular flexibility index (Phi) is 7.02. The molecule has 6 heteroatoms.